The second-order valence-corrected chi connectivity index (χ2v) is 4.41. The van der Waals surface area contributed by atoms with Crippen molar-refractivity contribution in [2.45, 2.75) is 12.5 Å². The predicted octanol–water partition coefficient (Wildman–Crippen LogP) is 2.72. The number of hydrogen-bond donors (Lipinski definition) is 2. The monoisotopic (exact) mass is 278 g/mol. The predicted molar refractivity (Wildman–Crippen MR) is 73.1 cm³/mol. The van der Waals surface area contributed by atoms with Crippen LogP contribution in [0.1, 0.15) is 17.2 Å². The van der Waals surface area contributed by atoms with E-state index in [2.05, 4.69) is 5.43 Å². The van der Waals surface area contributed by atoms with Crippen molar-refractivity contribution in [3.05, 3.63) is 65.2 Å². The number of halogens is 2. The second-order valence-electron chi connectivity index (χ2n) is 4.41. The fourth-order valence-corrected chi connectivity index (χ4v) is 2.13. The Hall–Kier alpha value is -1.98. The molecule has 0 aliphatic carbocycles. The van der Waals surface area contributed by atoms with Gasteiger partial charge in [-0.15, -0.1) is 0 Å². The Balaban J connectivity index is 2.31. The summed E-state index contributed by atoms with van der Waals surface area (Å²) in [6, 6.07) is 10.2. The lowest BCUT2D eigenvalue weighted by Gasteiger charge is -2.19. The molecule has 0 saturated carbocycles. The summed E-state index contributed by atoms with van der Waals surface area (Å²) in [5.74, 6) is 5.25. The third-order valence-electron chi connectivity index (χ3n) is 3.14. The number of hydrazine groups is 1. The van der Waals surface area contributed by atoms with Crippen LogP contribution in [0.25, 0.3) is 0 Å². The average molecular weight is 278 g/mol. The molecule has 0 aliphatic heterocycles. The first-order valence-electron chi connectivity index (χ1n) is 6.18. The van der Waals surface area contributed by atoms with Gasteiger partial charge in [0.05, 0.1) is 13.2 Å². The fraction of sp³-hybridized carbons (Fsp3) is 0.200. The number of benzene rings is 2. The molecule has 106 valence electrons. The van der Waals surface area contributed by atoms with Gasteiger partial charge < -0.3 is 4.74 Å². The van der Waals surface area contributed by atoms with E-state index in [9.17, 15) is 8.78 Å². The molecule has 5 heteroatoms. The van der Waals surface area contributed by atoms with Gasteiger partial charge in [-0.2, -0.15) is 0 Å². The topological polar surface area (TPSA) is 47.3 Å². The van der Waals surface area contributed by atoms with Gasteiger partial charge in [0.2, 0.25) is 0 Å². The highest BCUT2D eigenvalue weighted by Gasteiger charge is 2.19. The van der Waals surface area contributed by atoms with Gasteiger partial charge in [-0.05, 0) is 36.2 Å². The summed E-state index contributed by atoms with van der Waals surface area (Å²) in [5.41, 5.74) is 3.79. The van der Waals surface area contributed by atoms with Gasteiger partial charge in [0, 0.05) is 5.56 Å². The molecule has 0 fully saturated rings. The summed E-state index contributed by atoms with van der Waals surface area (Å²) in [6.45, 7) is 0. The molecule has 0 aromatic heterocycles. The van der Waals surface area contributed by atoms with Gasteiger partial charge in [-0.25, -0.2) is 8.78 Å². The lowest BCUT2D eigenvalue weighted by Crippen LogP contribution is -2.30. The van der Waals surface area contributed by atoms with Crippen LogP contribution in [0.2, 0.25) is 0 Å². The molecule has 2 aromatic carbocycles. The lowest BCUT2D eigenvalue weighted by molar-refractivity contribution is 0.390. The van der Waals surface area contributed by atoms with Crippen LogP contribution in [0.3, 0.4) is 0 Å². The number of methoxy groups -OCH3 is 1. The summed E-state index contributed by atoms with van der Waals surface area (Å²) in [7, 11) is 1.48. The van der Waals surface area contributed by atoms with Gasteiger partial charge in [0.25, 0.3) is 0 Å². The zero-order valence-corrected chi connectivity index (χ0v) is 11.1. The molecule has 0 aliphatic rings. The molecule has 0 spiro atoms. The Morgan fingerprint density at radius 2 is 1.85 bits per heavy atom. The van der Waals surface area contributed by atoms with E-state index in [1.54, 1.807) is 24.3 Å². The molecule has 2 rings (SSSR count). The maximum Gasteiger partial charge on any atom is 0.131 e. The summed E-state index contributed by atoms with van der Waals surface area (Å²) in [6.07, 6.45) is 0.425. The summed E-state index contributed by atoms with van der Waals surface area (Å²) in [5, 5.41) is 0. The SMILES string of the molecule is COc1cccc(F)c1C(Cc1ccc(F)cc1)NN. The Bertz CT molecular complexity index is 573. The van der Waals surface area contributed by atoms with Crippen LogP contribution in [0.15, 0.2) is 42.5 Å². The van der Waals surface area contributed by atoms with E-state index in [1.807, 2.05) is 0 Å². The second kappa shape index (κ2) is 6.45. The highest BCUT2D eigenvalue weighted by atomic mass is 19.1. The smallest absolute Gasteiger partial charge is 0.131 e. The van der Waals surface area contributed by atoms with Crippen molar-refractivity contribution in [2.24, 2.45) is 5.84 Å². The van der Waals surface area contributed by atoms with Crippen molar-refractivity contribution >= 4 is 0 Å². The average Bonchev–Trinajstić information content (AvgIpc) is 2.47. The molecule has 3 nitrogen and oxygen atoms in total. The van der Waals surface area contributed by atoms with E-state index in [4.69, 9.17) is 10.6 Å². The molecule has 1 atom stereocenters. The van der Waals surface area contributed by atoms with Gasteiger partial charge in [0.15, 0.2) is 0 Å². The first-order chi connectivity index (χ1) is 9.65. The van der Waals surface area contributed by atoms with E-state index in [0.29, 0.717) is 17.7 Å². The lowest BCUT2D eigenvalue weighted by atomic mass is 9.98. The molecular weight excluding hydrogens is 262 g/mol. The van der Waals surface area contributed by atoms with Crippen molar-refractivity contribution in [1.29, 1.82) is 0 Å². The summed E-state index contributed by atoms with van der Waals surface area (Å²) < 4.78 is 32.1. The largest absolute Gasteiger partial charge is 0.496 e. The summed E-state index contributed by atoms with van der Waals surface area (Å²) in [4.78, 5) is 0. The highest BCUT2D eigenvalue weighted by molar-refractivity contribution is 5.38. The molecule has 0 heterocycles. The molecule has 0 bridgehead atoms. The minimum atomic E-state index is -0.461. The van der Waals surface area contributed by atoms with Crippen LogP contribution in [0, 0.1) is 11.6 Å². The molecule has 3 N–H and O–H groups in total. The molecule has 20 heavy (non-hydrogen) atoms. The molecule has 2 aromatic rings. The zero-order chi connectivity index (χ0) is 14.5. The molecule has 1 unspecified atom stereocenters. The summed E-state index contributed by atoms with van der Waals surface area (Å²) >= 11 is 0. The van der Waals surface area contributed by atoms with Gasteiger partial charge >= 0.3 is 0 Å². The number of rotatable bonds is 5. The Morgan fingerprint density at radius 3 is 2.45 bits per heavy atom. The number of ether oxygens (including phenoxy) is 1. The van der Waals surface area contributed by atoms with Crippen molar-refractivity contribution in [1.82, 2.24) is 5.43 Å². The Kier molecular flexibility index (Phi) is 4.65. The van der Waals surface area contributed by atoms with Crippen LogP contribution in [0.5, 0.6) is 5.75 Å². The highest BCUT2D eigenvalue weighted by Crippen LogP contribution is 2.29. The van der Waals surface area contributed by atoms with Crippen LogP contribution >= 0.6 is 0 Å². The first kappa shape index (κ1) is 14.4. The minimum Gasteiger partial charge on any atom is -0.496 e. The van der Waals surface area contributed by atoms with Crippen molar-refractivity contribution in [2.75, 3.05) is 7.11 Å². The molecular formula is C15H16F2N2O. The zero-order valence-electron chi connectivity index (χ0n) is 11.1. The third kappa shape index (κ3) is 3.12. The molecule has 0 saturated heterocycles. The van der Waals surface area contributed by atoms with E-state index < -0.39 is 11.9 Å². The van der Waals surface area contributed by atoms with E-state index in [-0.39, 0.29) is 5.82 Å². The Labute approximate surface area is 116 Å². The minimum absolute atomic E-state index is 0.311. The molecule has 0 amide bonds. The molecule has 0 radical (unpaired) electrons. The van der Waals surface area contributed by atoms with Crippen molar-refractivity contribution in [3.8, 4) is 5.75 Å². The normalized spacial score (nSPS) is 12.2. The quantitative estimate of drug-likeness (QED) is 0.653. The first-order valence-corrected chi connectivity index (χ1v) is 6.18. The van der Waals surface area contributed by atoms with Gasteiger partial charge in [-0.1, -0.05) is 18.2 Å². The van der Waals surface area contributed by atoms with Crippen molar-refractivity contribution in [3.63, 3.8) is 0 Å². The standard InChI is InChI=1S/C15H16F2N2O/c1-20-14-4-2-3-12(17)15(14)13(19-18)9-10-5-7-11(16)8-6-10/h2-8,13,19H,9,18H2,1H3. The van der Waals surface area contributed by atoms with Crippen LogP contribution in [-0.2, 0) is 6.42 Å². The number of nitrogens with one attached hydrogen (secondary N) is 1. The Morgan fingerprint density at radius 1 is 1.15 bits per heavy atom. The van der Waals surface area contributed by atoms with Crippen LogP contribution in [-0.4, -0.2) is 7.11 Å². The van der Waals surface area contributed by atoms with Crippen LogP contribution < -0.4 is 16.0 Å². The third-order valence-corrected chi connectivity index (χ3v) is 3.14. The van der Waals surface area contributed by atoms with E-state index >= 15 is 0 Å². The maximum atomic E-state index is 14.0. The van der Waals surface area contributed by atoms with E-state index in [1.165, 1.54) is 25.3 Å². The van der Waals surface area contributed by atoms with E-state index in [0.717, 1.165) is 5.56 Å². The van der Waals surface area contributed by atoms with Crippen LogP contribution in [0.4, 0.5) is 8.78 Å². The van der Waals surface area contributed by atoms with Crippen molar-refractivity contribution < 1.29 is 13.5 Å². The maximum absolute atomic E-state index is 14.0. The van der Waals surface area contributed by atoms with Gasteiger partial charge in [-0.3, -0.25) is 11.3 Å². The fourth-order valence-electron chi connectivity index (χ4n) is 2.13. The number of nitrogens with two attached hydrogens (primary N) is 1. The van der Waals surface area contributed by atoms with Gasteiger partial charge in [0.1, 0.15) is 17.4 Å². The number of hydrogen-bond acceptors (Lipinski definition) is 3.